The number of hydrogen-bond acceptors (Lipinski definition) is 4. The average molecular weight is 348 g/mol. The van der Waals surface area contributed by atoms with Gasteiger partial charge in [-0.25, -0.2) is 0 Å². The predicted molar refractivity (Wildman–Crippen MR) is 94.0 cm³/mol. The number of benzene rings is 1. The molecule has 0 aliphatic carbocycles. The molecule has 0 aromatic heterocycles. The number of carbonyl (C=O) groups excluding carboxylic acids is 2. The zero-order valence-corrected chi connectivity index (χ0v) is 14.9. The molecule has 6 heteroatoms. The molecule has 2 aliphatic heterocycles. The van der Waals surface area contributed by atoms with Crippen molar-refractivity contribution < 1.29 is 14.3 Å². The molecular weight excluding hydrogens is 324 g/mol. The summed E-state index contributed by atoms with van der Waals surface area (Å²) in [6.07, 6.45) is 1.53. The third-order valence-corrected chi connectivity index (χ3v) is 5.75. The van der Waals surface area contributed by atoms with Crippen LogP contribution in [0.15, 0.2) is 29.2 Å². The molecule has 0 N–H and O–H groups in total. The first-order valence-corrected chi connectivity index (χ1v) is 9.50. The highest BCUT2D eigenvalue weighted by Gasteiger charge is 2.31. The van der Waals surface area contributed by atoms with Crippen molar-refractivity contribution in [3.63, 3.8) is 0 Å². The summed E-state index contributed by atoms with van der Waals surface area (Å²) in [7, 11) is 0. The van der Waals surface area contributed by atoms with Gasteiger partial charge in [0.25, 0.3) is 5.91 Å². The number of carbonyl (C=O) groups is 2. The van der Waals surface area contributed by atoms with Gasteiger partial charge in [0.1, 0.15) is 6.10 Å². The van der Waals surface area contributed by atoms with Gasteiger partial charge in [-0.15, -0.1) is 11.8 Å². The summed E-state index contributed by atoms with van der Waals surface area (Å²) in [6.45, 7) is 5.20. The van der Waals surface area contributed by atoms with Gasteiger partial charge in [0.05, 0.1) is 5.75 Å². The number of rotatable bonds is 4. The van der Waals surface area contributed by atoms with Gasteiger partial charge in [0.2, 0.25) is 5.91 Å². The largest absolute Gasteiger partial charge is 0.368 e. The molecule has 1 aromatic rings. The SMILES string of the molecule is Cc1ccccc1SCC(=O)N1CCN(C(=O)C2CCCO2)CC1. The Morgan fingerprint density at radius 3 is 2.54 bits per heavy atom. The van der Waals surface area contributed by atoms with Crippen molar-refractivity contribution in [2.45, 2.75) is 30.8 Å². The standard InChI is InChI=1S/C18H24N2O3S/c1-14-5-2-3-7-16(14)24-13-17(21)19-8-10-20(11-9-19)18(22)15-6-4-12-23-15/h2-3,5,7,15H,4,6,8-13H2,1H3. The van der Waals surface area contributed by atoms with E-state index in [1.165, 1.54) is 5.56 Å². The maximum Gasteiger partial charge on any atom is 0.251 e. The molecule has 0 spiro atoms. The Morgan fingerprint density at radius 2 is 1.88 bits per heavy atom. The van der Waals surface area contributed by atoms with Gasteiger partial charge in [-0.1, -0.05) is 18.2 Å². The zero-order valence-electron chi connectivity index (χ0n) is 14.1. The molecule has 3 rings (SSSR count). The number of thioether (sulfide) groups is 1. The van der Waals surface area contributed by atoms with Crippen LogP contribution in [-0.4, -0.2) is 66.3 Å². The fourth-order valence-corrected chi connectivity index (χ4v) is 4.03. The fraction of sp³-hybridized carbons (Fsp3) is 0.556. The van der Waals surface area contributed by atoms with Crippen LogP contribution < -0.4 is 0 Å². The molecule has 2 aliphatic rings. The molecule has 0 saturated carbocycles. The number of ether oxygens (including phenoxy) is 1. The molecule has 2 fully saturated rings. The van der Waals surface area contributed by atoms with Crippen molar-refractivity contribution in [1.82, 2.24) is 9.80 Å². The summed E-state index contributed by atoms with van der Waals surface area (Å²) in [4.78, 5) is 29.6. The number of amides is 2. The lowest BCUT2D eigenvalue weighted by molar-refractivity contribution is -0.145. The van der Waals surface area contributed by atoms with E-state index in [-0.39, 0.29) is 17.9 Å². The Balaban J connectivity index is 1.45. The number of hydrogen-bond donors (Lipinski definition) is 0. The van der Waals surface area contributed by atoms with Crippen LogP contribution in [0.25, 0.3) is 0 Å². The van der Waals surface area contributed by atoms with Crippen LogP contribution in [0, 0.1) is 6.92 Å². The van der Waals surface area contributed by atoms with Gasteiger partial charge >= 0.3 is 0 Å². The monoisotopic (exact) mass is 348 g/mol. The number of aryl methyl sites for hydroxylation is 1. The van der Waals surface area contributed by atoms with Crippen LogP contribution in [0.3, 0.4) is 0 Å². The van der Waals surface area contributed by atoms with E-state index in [9.17, 15) is 9.59 Å². The van der Waals surface area contributed by atoms with Crippen LogP contribution in [0.1, 0.15) is 18.4 Å². The van der Waals surface area contributed by atoms with E-state index in [1.54, 1.807) is 11.8 Å². The molecule has 5 nitrogen and oxygen atoms in total. The van der Waals surface area contributed by atoms with Crippen molar-refractivity contribution >= 4 is 23.6 Å². The van der Waals surface area contributed by atoms with E-state index in [0.717, 1.165) is 17.7 Å². The first kappa shape index (κ1) is 17.3. The van der Waals surface area contributed by atoms with Gasteiger partial charge in [-0.05, 0) is 31.4 Å². The van der Waals surface area contributed by atoms with Crippen LogP contribution in [0.4, 0.5) is 0 Å². The summed E-state index contributed by atoms with van der Waals surface area (Å²) in [5.41, 5.74) is 1.20. The Morgan fingerprint density at radius 1 is 1.17 bits per heavy atom. The van der Waals surface area contributed by atoms with Crippen LogP contribution in [0.5, 0.6) is 0 Å². The first-order valence-electron chi connectivity index (χ1n) is 8.52. The molecule has 0 bridgehead atoms. The minimum atomic E-state index is -0.260. The normalized spacial score (nSPS) is 21.1. The molecule has 2 amide bonds. The molecule has 2 saturated heterocycles. The lowest BCUT2D eigenvalue weighted by Gasteiger charge is -2.35. The van der Waals surface area contributed by atoms with Crippen LogP contribution >= 0.6 is 11.8 Å². The minimum absolute atomic E-state index is 0.0916. The molecule has 2 heterocycles. The van der Waals surface area contributed by atoms with E-state index < -0.39 is 0 Å². The van der Waals surface area contributed by atoms with Gasteiger partial charge in [-0.2, -0.15) is 0 Å². The summed E-state index contributed by atoms with van der Waals surface area (Å²) in [5.74, 6) is 0.686. The van der Waals surface area contributed by atoms with Gasteiger partial charge in [0, 0.05) is 37.7 Å². The molecule has 24 heavy (non-hydrogen) atoms. The van der Waals surface area contributed by atoms with Crippen molar-refractivity contribution in [3.8, 4) is 0 Å². The van der Waals surface area contributed by atoms with Crippen molar-refractivity contribution in [3.05, 3.63) is 29.8 Å². The number of piperazine rings is 1. The van der Waals surface area contributed by atoms with Gasteiger partial charge < -0.3 is 14.5 Å². The van der Waals surface area contributed by atoms with Crippen molar-refractivity contribution in [1.29, 1.82) is 0 Å². The zero-order chi connectivity index (χ0) is 16.9. The first-order chi connectivity index (χ1) is 11.6. The Bertz CT molecular complexity index is 594. The smallest absolute Gasteiger partial charge is 0.251 e. The maximum absolute atomic E-state index is 12.4. The van der Waals surface area contributed by atoms with Crippen molar-refractivity contribution in [2.24, 2.45) is 0 Å². The average Bonchev–Trinajstić information content (AvgIpc) is 3.15. The quantitative estimate of drug-likeness (QED) is 0.781. The Labute approximate surface area is 147 Å². The maximum atomic E-state index is 12.4. The molecular formula is C18H24N2O3S. The predicted octanol–water partition coefficient (Wildman–Crippen LogP) is 1.94. The lowest BCUT2D eigenvalue weighted by atomic mass is 10.2. The second-order valence-electron chi connectivity index (χ2n) is 6.26. The van der Waals surface area contributed by atoms with Crippen LogP contribution in [-0.2, 0) is 14.3 Å². The Kier molecular flexibility index (Phi) is 5.79. The molecule has 1 aromatic carbocycles. The van der Waals surface area contributed by atoms with E-state index in [4.69, 9.17) is 4.74 Å². The highest BCUT2D eigenvalue weighted by atomic mass is 32.2. The van der Waals surface area contributed by atoms with E-state index in [1.807, 2.05) is 28.0 Å². The third-order valence-electron chi connectivity index (χ3n) is 4.59. The molecule has 1 unspecified atom stereocenters. The fourth-order valence-electron chi connectivity index (χ4n) is 3.10. The summed E-state index contributed by atoms with van der Waals surface area (Å²) < 4.78 is 5.47. The minimum Gasteiger partial charge on any atom is -0.368 e. The van der Waals surface area contributed by atoms with E-state index in [2.05, 4.69) is 13.0 Å². The summed E-state index contributed by atoms with van der Waals surface area (Å²) >= 11 is 1.58. The third kappa shape index (κ3) is 4.11. The van der Waals surface area contributed by atoms with E-state index >= 15 is 0 Å². The number of nitrogens with zero attached hydrogens (tertiary/aromatic N) is 2. The van der Waals surface area contributed by atoms with Gasteiger partial charge in [0.15, 0.2) is 0 Å². The highest BCUT2D eigenvalue weighted by molar-refractivity contribution is 8.00. The highest BCUT2D eigenvalue weighted by Crippen LogP contribution is 2.22. The van der Waals surface area contributed by atoms with Crippen molar-refractivity contribution in [2.75, 3.05) is 38.5 Å². The second kappa shape index (κ2) is 8.03. The molecule has 1 atom stereocenters. The lowest BCUT2D eigenvalue weighted by Crippen LogP contribution is -2.53. The summed E-state index contributed by atoms with van der Waals surface area (Å²) in [5, 5.41) is 0. The molecule has 130 valence electrons. The summed E-state index contributed by atoms with van der Waals surface area (Å²) in [6, 6.07) is 8.11. The second-order valence-corrected chi connectivity index (χ2v) is 7.28. The topological polar surface area (TPSA) is 49.9 Å². The van der Waals surface area contributed by atoms with E-state index in [0.29, 0.717) is 38.5 Å². The Hall–Kier alpha value is -1.53. The van der Waals surface area contributed by atoms with Crippen LogP contribution in [0.2, 0.25) is 0 Å². The van der Waals surface area contributed by atoms with Gasteiger partial charge in [-0.3, -0.25) is 9.59 Å². The molecule has 0 radical (unpaired) electrons.